The number of unbranched alkanes of at least 4 members (excludes halogenated alkanes) is 1. The van der Waals surface area contributed by atoms with E-state index >= 15 is 0 Å². The summed E-state index contributed by atoms with van der Waals surface area (Å²) >= 11 is 0. The van der Waals surface area contributed by atoms with Crippen molar-refractivity contribution in [3.63, 3.8) is 0 Å². The maximum absolute atomic E-state index is 14.7. The van der Waals surface area contributed by atoms with Gasteiger partial charge in [0.15, 0.2) is 5.96 Å². The Morgan fingerprint density at radius 3 is 1.96 bits per heavy atom. The number of carbonyl (C=O) groups is 4. The van der Waals surface area contributed by atoms with Gasteiger partial charge in [0.05, 0.1) is 6.04 Å². The molecule has 0 saturated carbocycles. The van der Waals surface area contributed by atoms with Crippen molar-refractivity contribution < 1.29 is 33.1 Å². The first-order chi connectivity index (χ1) is 21.8. The molecule has 2 rings (SSSR count). The minimum Gasteiger partial charge on any atom is -0.508 e. The molecule has 4 amide bonds. The predicted molar refractivity (Wildman–Crippen MR) is 168 cm³/mol. The van der Waals surface area contributed by atoms with E-state index in [0.29, 0.717) is 37.9 Å². The van der Waals surface area contributed by atoms with E-state index in [-0.39, 0.29) is 31.8 Å². The number of benzene rings is 2. The van der Waals surface area contributed by atoms with Crippen molar-refractivity contribution in [2.24, 2.45) is 33.7 Å². The number of rotatable bonds is 19. The number of halogens is 2. The highest BCUT2D eigenvalue weighted by atomic mass is 19.1. The molecule has 2 aromatic carbocycles. The molecule has 0 aromatic heterocycles. The van der Waals surface area contributed by atoms with Gasteiger partial charge in [0.25, 0.3) is 0 Å². The zero-order chi connectivity index (χ0) is 34.2. The number of phenolic OH excluding ortho intramolecular Hbond substituents is 1. The van der Waals surface area contributed by atoms with Crippen LogP contribution in [0, 0.1) is 11.6 Å². The van der Waals surface area contributed by atoms with Crippen LogP contribution >= 0.6 is 0 Å². The highest BCUT2D eigenvalue weighted by Crippen LogP contribution is 2.21. The molecule has 0 spiro atoms. The van der Waals surface area contributed by atoms with Gasteiger partial charge < -0.3 is 49.7 Å². The monoisotopic (exact) mass is 647 g/mol. The summed E-state index contributed by atoms with van der Waals surface area (Å²) < 4.78 is 29.3. The van der Waals surface area contributed by atoms with Crippen molar-refractivity contribution in [3.05, 3.63) is 65.2 Å². The molecule has 0 bridgehead atoms. The molecule has 0 aliphatic rings. The van der Waals surface area contributed by atoms with E-state index in [2.05, 4.69) is 20.9 Å². The van der Waals surface area contributed by atoms with Crippen LogP contribution < -0.4 is 44.6 Å². The quantitative estimate of drug-likeness (QED) is 0.0508. The van der Waals surface area contributed by atoms with Crippen LogP contribution in [-0.4, -0.2) is 72.0 Å². The lowest BCUT2D eigenvalue weighted by atomic mass is 10.0. The lowest BCUT2D eigenvalue weighted by molar-refractivity contribution is -0.133. The largest absolute Gasteiger partial charge is 0.508 e. The van der Waals surface area contributed by atoms with Crippen LogP contribution in [0.2, 0.25) is 0 Å². The molecule has 46 heavy (non-hydrogen) atoms. The molecule has 0 heterocycles. The highest BCUT2D eigenvalue weighted by molar-refractivity contribution is 5.94. The normalized spacial score (nSPS) is 13.5. The van der Waals surface area contributed by atoms with Gasteiger partial charge in [0.2, 0.25) is 23.6 Å². The first-order valence-corrected chi connectivity index (χ1v) is 14.7. The van der Waals surface area contributed by atoms with Crippen LogP contribution in [0.3, 0.4) is 0 Å². The first-order valence-electron chi connectivity index (χ1n) is 14.7. The number of aliphatic imine (C=N–C) groups is 1. The number of hydrogen-bond donors (Lipinski definition) is 9. The Labute approximate surface area is 265 Å². The molecule has 252 valence electrons. The third-order valence-electron chi connectivity index (χ3n) is 6.99. The third-order valence-corrected chi connectivity index (χ3v) is 6.99. The molecule has 4 atom stereocenters. The Hall–Kier alpha value is -4.83. The van der Waals surface area contributed by atoms with Gasteiger partial charge in [-0.1, -0.05) is 30.3 Å². The van der Waals surface area contributed by atoms with Crippen LogP contribution in [-0.2, 0) is 32.0 Å². The molecule has 0 fully saturated rings. The van der Waals surface area contributed by atoms with Crippen LogP contribution in [0.15, 0.2) is 47.5 Å². The number of carbonyl (C=O) groups excluding carboxylic acids is 4. The third kappa shape index (κ3) is 12.6. The van der Waals surface area contributed by atoms with Crippen molar-refractivity contribution in [2.45, 2.75) is 69.1 Å². The zero-order valence-electron chi connectivity index (χ0n) is 25.4. The van der Waals surface area contributed by atoms with Crippen molar-refractivity contribution in [1.29, 1.82) is 0 Å². The highest BCUT2D eigenvalue weighted by Gasteiger charge is 2.31. The molecule has 0 aliphatic carbocycles. The van der Waals surface area contributed by atoms with Gasteiger partial charge in [-0.3, -0.25) is 24.2 Å². The average molecular weight is 648 g/mol. The van der Waals surface area contributed by atoms with Gasteiger partial charge in [-0.15, -0.1) is 0 Å². The fourth-order valence-corrected chi connectivity index (χ4v) is 4.51. The first kappa shape index (κ1) is 37.4. The Morgan fingerprint density at radius 2 is 1.37 bits per heavy atom. The Kier molecular flexibility index (Phi) is 15.3. The lowest BCUT2D eigenvalue weighted by Gasteiger charge is -2.26. The van der Waals surface area contributed by atoms with Crippen molar-refractivity contribution in [2.75, 3.05) is 13.1 Å². The summed E-state index contributed by atoms with van der Waals surface area (Å²) in [5.74, 6) is -6.45. The van der Waals surface area contributed by atoms with Crippen LogP contribution in [0.1, 0.15) is 43.2 Å². The number of aromatic hydroxyl groups is 1. The van der Waals surface area contributed by atoms with Gasteiger partial charge in [0, 0.05) is 37.1 Å². The number of guanidine groups is 1. The van der Waals surface area contributed by atoms with Gasteiger partial charge in [-0.2, -0.15) is 0 Å². The molecule has 16 heteroatoms. The minimum atomic E-state index is -1.61. The molecule has 0 radical (unpaired) electrons. The molecular formula is C30H43F2N9O5. The van der Waals surface area contributed by atoms with Crippen molar-refractivity contribution in [1.82, 2.24) is 16.0 Å². The summed E-state index contributed by atoms with van der Waals surface area (Å²) in [6.45, 7) is 0.493. The lowest BCUT2D eigenvalue weighted by Crippen LogP contribution is -2.58. The molecule has 2 aromatic rings. The van der Waals surface area contributed by atoms with Crippen molar-refractivity contribution >= 4 is 29.6 Å². The van der Waals surface area contributed by atoms with E-state index < -0.39 is 77.2 Å². The minimum absolute atomic E-state index is 0.0818. The van der Waals surface area contributed by atoms with Crippen LogP contribution in [0.5, 0.6) is 5.75 Å². The van der Waals surface area contributed by atoms with E-state index in [4.69, 9.17) is 28.7 Å². The second-order valence-electron chi connectivity index (χ2n) is 10.7. The number of phenols is 1. The Morgan fingerprint density at radius 1 is 0.783 bits per heavy atom. The second kappa shape index (κ2) is 18.9. The zero-order valence-corrected chi connectivity index (χ0v) is 25.4. The number of hydrogen-bond acceptors (Lipinski definition) is 8. The predicted octanol–water partition coefficient (Wildman–Crippen LogP) is -1.09. The molecule has 0 aliphatic heterocycles. The van der Waals surface area contributed by atoms with Crippen LogP contribution in [0.4, 0.5) is 8.78 Å². The Bertz CT molecular complexity index is 1340. The fourth-order valence-electron chi connectivity index (χ4n) is 4.51. The number of amides is 4. The second-order valence-corrected chi connectivity index (χ2v) is 10.7. The number of nitrogens with one attached hydrogen (secondary N) is 3. The van der Waals surface area contributed by atoms with Crippen LogP contribution in [0.25, 0.3) is 0 Å². The summed E-state index contributed by atoms with van der Waals surface area (Å²) in [4.78, 5) is 55.9. The van der Waals surface area contributed by atoms with E-state index in [9.17, 15) is 33.1 Å². The number of nitrogens with zero attached hydrogens (tertiary/aromatic N) is 1. The standard InChI is InChI=1S/C30H43F2N9O5/c31-20-14-18(42)15-21(32)19(20)16-25(41-27(44)22(34)9-6-12-38-30(36)37)29(46)39-23(10-4-5-11-33)28(45)40-24(26(35)43)13-17-7-2-1-3-8-17/h1-3,7-8,14-15,22-25,42H,4-6,9-13,16,33-34H2,(H2,35,43)(H,39,46)(H,40,45)(H,41,44)(H4,36,37,38)/t22-,23+,24+,25+/m1/s1. The molecule has 14 N–H and O–H groups in total. The summed E-state index contributed by atoms with van der Waals surface area (Å²) in [5.41, 5.74) is 27.8. The molecule has 0 saturated heterocycles. The summed E-state index contributed by atoms with van der Waals surface area (Å²) in [6.07, 6.45) is 0.806. The van der Waals surface area contributed by atoms with E-state index in [1.165, 1.54) is 0 Å². The van der Waals surface area contributed by atoms with Crippen molar-refractivity contribution in [3.8, 4) is 5.75 Å². The number of nitrogens with two attached hydrogens (primary N) is 5. The SMILES string of the molecule is NCCCC[C@H](NC(=O)[C@H](Cc1c(F)cc(O)cc1F)NC(=O)[C@H](N)CCCN=C(N)N)C(=O)N[C@@H](Cc1ccccc1)C(N)=O. The van der Waals surface area contributed by atoms with Gasteiger partial charge in [-0.05, 0) is 44.2 Å². The summed E-state index contributed by atoms with van der Waals surface area (Å²) in [6, 6.07) is 5.03. The maximum Gasteiger partial charge on any atom is 0.243 e. The smallest absolute Gasteiger partial charge is 0.243 e. The van der Waals surface area contributed by atoms with E-state index in [1.54, 1.807) is 30.3 Å². The van der Waals surface area contributed by atoms with E-state index in [0.717, 1.165) is 5.56 Å². The molecule has 14 nitrogen and oxygen atoms in total. The Balaban J connectivity index is 2.30. The topological polar surface area (TPSA) is 267 Å². The average Bonchev–Trinajstić information content (AvgIpc) is 2.99. The molecular weight excluding hydrogens is 604 g/mol. The fraction of sp³-hybridized carbons (Fsp3) is 0.433. The number of primary amides is 1. The van der Waals surface area contributed by atoms with Gasteiger partial charge in [-0.25, -0.2) is 8.78 Å². The maximum atomic E-state index is 14.7. The summed E-state index contributed by atoms with van der Waals surface area (Å²) in [7, 11) is 0. The van der Waals surface area contributed by atoms with Gasteiger partial charge >= 0.3 is 0 Å². The van der Waals surface area contributed by atoms with E-state index in [1.807, 2.05) is 0 Å². The molecule has 0 unspecified atom stereocenters. The van der Waals surface area contributed by atoms with Gasteiger partial charge in [0.1, 0.15) is 35.5 Å². The summed E-state index contributed by atoms with van der Waals surface area (Å²) in [5, 5.41) is 17.0.